The van der Waals surface area contributed by atoms with Gasteiger partial charge in [0.05, 0.1) is 5.56 Å². The summed E-state index contributed by atoms with van der Waals surface area (Å²) < 4.78 is 39.9. The third-order valence-corrected chi connectivity index (χ3v) is 4.43. The molecule has 0 bridgehead atoms. The Morgan fingerprint density at radius 1 is 1.16 bits per heavy atom. The summed E-state index contributed by atoms with van der Waals surface area (Å²) in [7, 11) is 3.92. The minimum absolute atomic E-state index is 0.0847. The third-order valence-electron chi connectivity index (χ3n) is 4.43. The molecule has 0 atom stereocenters. The molecular weight excluding hydrogens is 331 g/mol. The number of anilines is 1. The molecular formula is C18H26F3N3O. The first-order valence-corrected chi connectivity index (χ1v) is 8.54. The molecule has 0 aromatic heterocycles. The van der Waals surface area contributed by atoms with Gasteiger partial charge in [0.1, 0.15) is 0 Å². The highest BCUT2D eigenvalue weighted by molar-refractivity contribution is 5.76. The van der Waals surface area contributed by atoms with Gasteiger partial charge in [-0.3, -0.25) is 4.79 Å². The number of piperazine rings is 1. The predicted octanol–water partition coefficient (Wildman–Crippen LogP) is 3.00. The van der Waals surface area contributed by atoms with Gasteiger partial charge in [0.25, 0.3) is 0 Å². The highest BCUT2D eigenvalue weighted by Crippen LogP contribution is 2.37. The highest BCUT2D eigenvalue weighted by Gasteiger charge is 2.35. The van der Waals surface area contributed by atoms with Crippen molar-refractivity contribution in [3.63, 3.8) is 0 Å². The number of halogens is 3. The van der Waals surface area contributed by atoms with Crippen LogP contribution in [0.2, 0.25) is 0 Å². The first-order valence-electron chi connectivity index (χ1n) is 8.54. The fourth-order valence-electron chi connectivity index (χ4n) is 3.05. The molecule has 0 aliphatic carbocycles. The molecule has 1 aliphatic rings. The lowest BCUT2D eigenvalue weighted by molar-refractivity contribution is -0.137. The van der Waals surface area contributed by atoms with E-state index in [9.17, 15) is 18.0 Å². The van der Waals surface area contributed by atoms with Crippen molar-refractivity contribution in [1.82, 2.24) is 9.80 Å². The van der Waals surface area contributed by atoms with Crippen LogP contribution < -0.4 is 4.90 Å². The van der Waals surface area contributed by atoms with Crippen LogP contribution in [0.25, 0.3) is 0 Å². The number of hydrogen-bond donors (Lipinski definition) is 0. The second kappa shape index (κ2) is 8.08. The minimum Gasteiger partial charge on any atom is -0.367 e. The zero-order valence-corrected chi connectivity index (χ0v) is 15.1. The predicted molar refractivity (Wildman–Crippen MR) is 92.8 cm³/mol. The van der Waals surface area contributed by atoms with Crippen molar-refractivity contribution in [2.75, 3.05) is 51.7 Å². The molecule has 140 valence electrons. The number of carbonyl (C=O) groups is 1. The van der Waals surface area contributed by atoms with E-state index in [4.69, 9.17) is 0 Å². The molecule has 25 heavy (non-hydrogen) atoms. The molecule has 0 spiro atoms. The Balaban J connectivity index is 1.97. The van der Waals surface area contributed by atoms with Gasteiger partial charge in [-0.15, -0.1) is 0 Å². The van der Waals surface area contributed by atoms with Crippen molar-refractivity contribution in [2.24, 2.45) is 0 Å². The molecule has 7 heteroatoms. The van der Waals surface area contributed by atoms with Gasteiger partial charge in [-0.25, -0.2) is 0 Å². The van der Waals surface area contributed by atoms with Gasteiger partial charge in [0.2, 0.25) is 5.91 Å². The lowest BCUT2D eigenvalue weighted by Crippen LogP contribution is -2.49. The van der Waals surface area contributed by atoms with Crippen LogP contribution >= 0.6 is 0 Å². The number of alkyl halides is 3. The molecule has 0 N–H and O–H groups in total. The van der Waals surface area contributed by atoms with E-state index in [1.165, 1.54) is 12.1 Å². The van der Waals surface area contributed by atoms with Crippen LogP contribution in [0.5, 0.6) is 0 Å². The second-order valence-electron chi connectivity index (χ2n) is 6.79. The van der Waals surface area contributed by atoms with Crippen LogP contribution in [0, 0.1) is 6.92 Å². The van der Waals surface area contributed by atoms with Crippen molar-refractivity contribution in [3.05, 3.63) is 29.3 Å². The van der Waals surface area contributed by atoms with Gasteiger partial charge in [0.15, 0.2) is 0 Å². The third kappa shape index (κ3) is 5.36. The van der Waals surface area contributed by atoms with E-state index in [1.807, 2.05) is 19.0 Å². The lowest BCUT2D eigenvalue weighted by atomic mass is 10.1. The maximum absolute atomic E-state index is 13.3. The van der Waals surface area contributed by atoms with Crippen molar-refractivity contribution in [2.45, 2.75) is 25.9 Å². The number of hydrogen-bond acceptors (Lipinski definition) is 3. The molecule has 0 unspecified atom stereocenters. The molecule has 1 aromatic carbocycles. The Labute approximate surface area is 147 Å². The van der Waals surface area contributed by atoms with Crippen LogP contribution in [0.3, 0.4) is 0 Å². The molecule has 1 heterocycles. The Hall–Kier alpha value is -1.76. The fourth-order valence-corrected chi connectivity index (χ4v) is 3.05. The zero-order valence-electron chi connectivity index (χ0n) is 15.1. The summed E-state index contributed by atoms with van der Waals surface area (Å²) in [6.07, 6.45) is -3.10. The van der Waals surface area contributed by atoms with Crippen LogP contribution in [0.4, 0.5) is 18.9 Å². The SMILES string of the molecule is Cc1ccc(N2CCN(C(=O)CCCN(C)C)CC2)c(C(F)(F)F)c1. The molecule has 1 fully saturated rings. The molecule has 1 aliphatic heterocycles. The van der Waals surface area contributed by atoms with E-state index >= 15 is 0 Å². The number of benzene rings is 1. The molecule has 0 saturated carbocycles. The van der Waals surface area contributed by atoms with Gasteiger partial charge in [-0.1, -0.05) is 11.6 Å². The number of amides is 1. The first-order chi connectivity index (χ1) is 11.7. The smallest absolute Gasteiger partial charge is 0.367 e. The molecule has 1 aromatic rings. The van der Waals surface area contributed by atoms with Gasteiger partial charge in [-0.2, -0.15) is 13.2 Å². The van der Waals surface area contributed by atoms with Crippen LogP contribution in [0.1, 0.15) is 24.0 Å². The monoisotopic (exact) mass is 357 g/mol. The Morgan fingerprint density at radius 3 is 2.36 bits per heavy atom. The number of carbonyl (C=O) groups excluding carboxylic acids is 1. The Morgan fingerprint density at radius 2 is 1.80 bits per heavy atom. The topological polar surface area (TPSA) is 26.8 Å². The minimum atomic E-state index is -4.37. The van der Waals surface area contributed by atoms with Crippen molar-refractivity contribution >= 4 is 11.6 Å². The number of rotatable bonds is 5. The summed E-state index contributed by atoms with van der Waals surface area (Å²) in [5, 5.41) is 0. The molecule has 1 amide bonds. The molecule has 1 saturated heterocycles. The quantitative estimate of drug-likeness (QED) is 0.811. The maximum atomic E-state index is 13.3. The maximum Gasteiger partial charge on any atom is 0.418 e. The van der Waals surface area contributed by atoms with Crippen LogP contribution in [-0.4, -0.2) is 62.5 Å². The second-order valence-corrected chi connectivity index (χ2v) is 6.79. The van der Waals surface area contributed by atoms with Crippen LogP contribution in [-0.2, 0) is 11.0 Å². The summed E-state index contributed by atoms with van der Waals surface area (Å²) in [6, 6.07) is 4.42. The summed E-state index contributed by atoms with van der Waals surface area (Å²) in [6.45, 7) is 4.28. The standard InChI is InChI=1S/C18H26F3N3O/c1-14-6-7-16(15(13-14)18(19,20)21)23-9-11-24(12-10-23)17(25)5-4-8-22(2)3/h6-7,13H,4-5,8-12H2,1-3H3. The fraction of sp³-hybridized carbons (Fsp3) is 0.611. The first kappa shape index (κ1) is 19.6. The zero-order chi connectivity index (χ0) is 18.6. The van der Waals surface area contributed by atoms with Crippen molar-refractivity contribution in [1.29, 1.82) is 0 Å². The average molecular weight is 357 g/mol. The number of aryl methyl sites for hydroxylation is 1. The van der Waals surface area contributed by atoms with Gasteiger partial charge < -0.3 is 14.7 Å². The van der Waals surface area contributed by atoms with E-state index in [1.54, 1.807) is 22.8 Å². The largest absolute Gasteiger partial charge is 0.418 e. The summed E-state index contributed by atoms with van der Waals surface area (Å²) in [4.78, 5) is 17.7. The van der Waals surface area contributed by atoms with E-state index in [0.717, 1.165) is 13.0 Å². The highest BCUT2D eigenvalue weighted by atomic mass is 19.4. The average Bonchev–Trinajstić information content (AvgIpc) is 2.53. The van der Waals surface area contributed by atoms with E-state index in [-0.39, 0.29) is 11.6 Å². The number of nitrogens with zero attached hydrogens (tertiary/aromatic N) is 3. The van der Waals surface area contributed by atoms with Crippen LogP contribution in [0.15, 0.2) is 18.2 Å². The van der Waals surface area contributed by atoms with Gasteiger partial charge in [-0.05, 0) is 46.1 Å². The van der Waals surface area contributed by atoms with Gasteiger partial charge in [0, 0.05) is 38.3 Å². The van der Waals surface area contributed by atoms with Crippen molar-refractivity contribution < 1.29 is 18.0 Å². The van der Waals surface area contributed by atoms with E-state index in [2.05, 4.69) is 0 Å². The summed E-state index contributed by atoms with van der Waals surface area (Å²) >= 11 is 0. The molecule has 4 nitrogen and oxygen atoms in total. The summed E-state index contributed by atoms with van der Waals surface area (Å²) in [5.41, 5.74) is 0.196. The lowest BCUT2D eigenvalue weighted by Gasteiger charge is -2.37. The van der Waals surface area contributed by atoms with Crippen molar-refractivity contribution in [3.8, 4) is 0 Å². The van der Waals surface area contributed by atoms with E-state index in [0.29, 0.717) is 38.2 Å². The van der Waals surface area contributed by atoms with Gasteiger partial charge >= 0.3 is 6.18 Å². The molecule has 2 rings (SSSR count). The van der Waals surface area contributed by atoms with E-state index < -0.39 is 11.7 Å². The molecule has 0 radical (unpaired) electrons. The Kier molecular flexibility index (Phi) is 6.32. The Bertz CT molecular complexity index is 594. The summed E-state index contributed by atoms with van der Waals surface area (Å²) in [5.74, 6) is 0.0847. The normalized spacial score (nSPS) is 15.8.